The van der Waals surface area contributed by atoms with Crippen LogP contribution in [0.5, 0.6) is 0 Å². The Kier molecular flexibility index (Phi) is 3.16. The van der Waals surface area contributed by atoms with Crippen molar-refractivity contribution in [3.8, 4) is 0 Å². The van der Waals surface area contributed by atoms with E-state index in [0.29, 0.717) is 15.8 Å². The average molecular weight is 335 g/mol. The fourth-order valence-electron chi connectivity index (χ4n) is 1.13. The lowest BCUT2D eigenvalue weighted by molar-refractivity contribution is 0.583. The van der Waals surface area contributed by atoms with Gasteiger partial charge >= 0.3 is 0 Å². The van der Waals surface area contributed by atoms with Gasteiger partial charge in [-0.25, -0.2) is 4.39 Å². The molecular formula is C9H6Br2FN3. The molecule has 3 nitrogen and oxygen atoms in total. The van der Waals surface area contributed by atoms with Crippen molar-refractivity contribution in [1.29, 1.82) is 0 Å². The molecule has 1 aromatic carbocycles. The fourth-order valence-corrected chi connectivity index (χ4v) is 1.66. The minimum absolute atomic E-state index is 0.241. The summed E-state index contributed by atoms with van der Waals surface area (Å²) >= 11 is 6.48. The molecule has 1 aromatic heterocycles. The molecule has 6 heteroatoms. The van der Waals surface area contributed by atoms with Crippen LogP contribution in [0, 0.1) is 5.82 Å². The smallest absolute Gasteiger partial charge is 0.162 e. The van der Waals surface area contributed by atoms with Gasteiger partial charge in [0, 0.05) is 0 Å². The minimum Gasteiger partial charge on any atom is -0.207 e. The fraction of sp³-hybridized carbons (Fsp3) is 0.111. The molecule has 0 saturated heterocycles. The van der Waals surface area contributed by atoms with Crippen molar-refractivity contribution in [3.63, 3.8) is 0 Å². The van der Waals surface area contributed by atoms with E-state index in [1.165, 1.54) is 16.9 Å². The van der Waals surface area contributed by atoms with Gasteiger partial charge in [-0.3, -0.25) is 0 Å². The maximum Gasteiger partial charge on any atom is 0.162 e. The molecule has 1 heterocycles. The summed E-state index contributed by atoms with van der Waals surface area (Å²) < 4.78 is 14.0. The van der Waals surface area contributed by atoms with Gasteiger partial charge in [0.05, 0.1) is 6.54 Å². The Balaban J connectivity index is 2.18. The average Bonchev–Trinajstić information content (AvgIpc) is 2.50. The molecule has 0 aliphatic heterocycles. The Bertz CT molecular complexity index is 447. The van der Waals surface area contributed by atoms with E-state index in [0.717, 1.165) is 5.56 Å². The molecule has 0 aliphatic rings. The van der Waals surface area contributed by atoms with E-state index in [2.05, 4.69) is 42.1 Å². The molecule has 0 amide bonds. The lowest BCUT2D eigenvalue weighted by Gasteiger charge is -1.99. The third kappa shape index (κ3) is 2.63. The first-order chi connectivity index (χ1) is 7.15. The molecule has 0 N–H and O–H groups in total. The third-order valence-corrected chi connectivity index (χ3v) is 3.41. The molecule has 0 radical (unpaired) electrons. The first-order valence-corrected chi connectivity index (χ1v) is 5.74. The van der Waals surface area contributed by atoms with E-state index in [1.807, 2.05) is 0 Å². The Hall–Kier alpha value is -0.750. The Morgan fingerprint density at radius 1 is 1.07 bits per heavy atom. The predicted octanol–water partition coefficient (Wildman–Crippen LogP) is 2.99. The molecule has 0 fully saturated rings. The molecule has 15 heavy (non-hydrogen) atoms. The first kappa shape index (κ1) is 10.8. The highest BCUT2D eigenvalue weighted by atomic mass is 79.9. The second-order valence-corrected chi connectivity index (χ2v) is 4.44. The second-order valence-electron chi connectivity index (χ2n) is 2.94. The van der Waals surface area contributed by atoms with Gasteiger partial charge in [-0.15, -0.1) is 10.2 Å². The summed E-state index contributed by atoms with van der Waals surface area (Å²) in [6.45, 7) is 0.518. The number of nitrogens with zero attached hydrogens (tertiary/aromatic N) is 3. The van der Waals surface area contributed by atoms with Crippen molar-refractivity contribution < 1.29 is 4.39 Å². The number of hydrogen-bond donors (Lipinski definition) is 0. The van der Waals surface area contributed by atoms with Crippen LogP contribution in [0.3, 0.4) is 0 Å². The SMILES string of the molecule is Fc1ccc(Cn2nc(Br)c(Br)n2)cc1. The molecule has 0 unspecified atom stereocenters. The van der Waals surface area contributed by atoms with Crippen molar-refractivity contribution in [2.24, 2.45) is 0 Å². The summed E-state index contributed by atoms with van der Waals surface area (Å²) in [6, 6.07) is 6.26. The van der Waals surface area contributed by atoms with Gasteiger partial charge in [0.1, 0.15) is 5.82 Å². The molecule has 0 spiro atoms. The Morgan fingerprint density at radius 2 is 1.60 bits per heavy atom. The van der Waals surface area contributed by atoms with Crippen LogP contribution in [-0.4, -0.2) is 15.0 Å². The van der Waals surface area contributed by atoms with Crippen LogP contribution in [0.1, 0.15) is 5.56 Å². The zero-order valence-corrected chi connectivity index (χ0v) is 10.7. The monoisotopic (exact) mass is 333 g/mol. The van der Waals surface area contributed by atoms with Gasteiger partial charge in [0.15, 0.2) is 9.21 Å². The maximum absolute atomic E-state index is 12.6. The molecular weight excluding hydrogens is 329 g/mol. The topological polar surface area (TPSA) is 30.7 Å². The minimum atomic E-state index is -0.241. The molecule has 2 aromatic rings. The zero-order chi connectivity index (χ0) is 10.8. The molecule has 78 valence electrons. The summed E-state index contributed by atoms with van der Waals surface area (Å²) in [7, 11) is 0. The van der Waals surface area contributed by atoms with E-state index in [-0.39, 0.29) is 5.82 Å². The number of hydrogen-bond acceptors (Lipinski definition) is 2. The van der Waals surface area contributed by atoms with Gasteiger partial charge in [0.2, 0.25) is 0 Å². The molecule has 0 bridgehead atoms. The standard InChI is InChI=1S/C9H6Br2FN3/c10-8-9(11)14-15(13-8)5-6-1-3-7(12)4-2-6/h1-4H,5H2. The Labute approximate surface area is 103 Å². The Morgan fingerprint density at radius 3 is 2.13 bits per heavy atom. The van der Waals surface area contributed by atoms with Crippen LogP contribution >= 0.6 is 31.9 Å². The number of rotatable bonds is 2. The number of halogens is 3. The highest BCUT2D eigenvalue weighted by molar-refractivity contribution is 9.13. The summed E-state index contributed by atoms with van der Waals surface area (Å²) in [5.41, 5.74) is 0.950. The van der Waals surface area contributed by atoms with Gasteiger partial charge in [-0.1, -0.05) is 12.1 Å². The summed E-state index contributed by atoms with van der Waals surface area (Å²) in [5, 5.41) is 8.22. The van der Waals surface area contributed by atoms with E-state index >= 15 is 0 Å². The normalized spacial score (nSPS) is 10.6. The van der Waals surface area contributed by atoms with E-state index in [1.54, 1.807) is 12.1 Å². The predicted molar refractivity (Wildman–Crippen MR) is 60.9 cm³/mol. The lowest BCUT2D eigenvalue weighted by Crippen LogP contribution is -2.03. The van der Waals surface area contributed by atoms with Crippen LogP contribution < -0.4 is 0 Å². The molecule has 0 aliphatic carbocycles. The van der Waals surface area contributed by atoms with E-state index in [4.69, 9.17) is 0 Å². The van der Waals surface area contributed by atoms with Crippen LogP contribution in [0.2, 0.25) is 0 Å². The number of aromatic nitrogens is 3. The van der Waals surface area contributed by atoms with Gasteiger partial charge in [-0.05, 0) is 49.6 Å². The molecule has 0 saturated carbocycles. The zero-order valence-electron chi connectivity index (χ0n) is 7.49. The second kappa shape index (κ2) is 4.40. The van der Waals surface area contributed by atoms with Crippen LogP contribution in [0.25, 0.3) is 0 Å². The lowest BCUT2D eigenvalue weighted by atomic mass is 10.2. The maximum atomic E-state index is 12.6. The van der Waals surface area contributed by atoms with Crippen LogP contribution in [-0.2, 0) is 6.54 Å². The first-order valence-electron chi connectivity index (χ1n) is 4.16. The molecule has 0 atom stereocenters. The van der Waals surface area contributed by atoms with E-state index in [9.17, 15) is 4.39 Å². The van der Waals surface area contributed by atoms with Crippen molar-refractivity contribution in [2.45, 2.75) is 6.54 Å². The van der Waals surface area contributed by atoms with Crippen LogP contribution in [0.15, 0.2) is 33.5 Å². The summed E-state index contributed by atoms with van der Waals surface area (Å²) in [5.74, 6) is -0.241. The highest BCUT2D eigenvalue weighted by Crippen LogP contribution is 2.17. The highest BCUT2D eigenvalue weighted by Gasteiger charge is 2.05. The third-order valence-electron chi connectivity index (χ3n) is 1.81. The number of benzene rings is 1. The van der Waals surface area contributed by atoms with Crippen molar-refractivity contribution in [3.05, 3.63) is 44.9 Å². The van der Waals surface area contributed by atoms with Crippen molar-refractivity contribution in [1.82, 2.24) is 15.0 Å². The largest absolute Gasteiger partial charge is 0.207 e. The van der Waals surface area contributed by atoms with Gasteiger partial charge in [-0.2, -0.15) is 4.80 Å². The summed E-state index contributed by atoms with van der Waals surface area (Å²) in [6.07, 6.45) is 0. The van der Waals surface area contributed by atoms with Gasteiger partial charge in [0.25, 0.3) is 0 Å². The van der Waals surface area contributed by atoms with E-state index < -0.39 is 0 Å². The molecule has 2 rings (SSSR count). The van der Waals surface area contributed by atoms with Crippen molar-refractivity contribution >= 4 is 31.9 Å². The quantitative estimate of drug-likeness (QED) is 0.845. The summed E-state index contributed by atoms with van der Waals surface area (Å²) in [4.78, 5) is 1.53. The van der Waals surface area contributed by atoms with Crippen LogP contribution in [0.4, 0.5) is 4.39 Å². The van der Waals surface area contributed by atoms with Crippen molar-refractivity contribution in [2.75, 3.05) is 0 Å². The van der Waals surface area contributed by atoms with Gasteiger partial charge < -0.3 is 0 Å².